The van der Waals surface area contributed by atoms with Gasteiger partial charge in [0.1, 0.15) is 0 Å². The quantitative estimate of drug-likeness (QED) is 0.833. The highest BCUT2D eigenvalue weighted by Gasteiger charge is 2.32. The molecule has 1 aliphatic carbocycles. The number of rotatable bonds is 4. The number of benzene rings is 1. The van der Waals surface area contributed by atoms with E-state index >= 15 is 0 Å². The zero-order chi connectivity index (χ0) is 12.3. The maximum atomic E-state index is 9.70. The summed E-state index contributed by atoms with van der Waals surface area (Å²) in [4.78, 5) is 0. The number of allylic oxidation sites excluding steroid dienone is 3. The van der Waals surface area contributed by atoms with E-state index in [1.165, 1.54) is 11.1 Å². The molecule has 2 unspecified atom stereocenters. The summed E-state index contributed by atoms with van der Waals surface area (Å²) >= 11 is 0. The van der Waals surface area contributed by atoms with E-state index in [0.717, 1.165) is 6.42 Å². The second-order valence-corrected chi connectivity index (χ2v) is 4.90. The Bertz CT molecular complexity index is 430. The van der Waals surface area contributed by atoms with Gasteiger partial charge in [-0.3, -0.25) is 0 Å². The molecule has 1 heteroatoms. The summed E-state index contributed by atoms with van der Waals surface area (Å²) < 4.78 is 0. The third-order valence-electron chi connectivity index (χ3n) is 3.89. The molecular formula is C16H20O. The van der Waals surface area contributed by atoms with Crippen LogP contribution in [0.5, 0.6) is 0 Å². The van der Waals surface area contributed by atoms with Crippen molar-refractivity contribution >= 4 is 0 Å². The maximum Gasteiger partial charge on any atom is 0.0537 e. The van der Waals surface area contributed by atoms with Crippen LogP contribution in [0.2, 0.25) is 0 Å². The first kappa shape index (κ1) is 12.1. The number of hydrogen-bond donors (Lipinski definition) is 1. The predicted molar refractivity (Wildman–Crippen MR) is 71.9 cm³/mol. The molecular weight excluding hydrogens is 208 g/mol. The SMILES string of the molecule is CCC1(C)C=CC=C1C(CO)c1ccccc1. The molecule has 0 bridgehead atoms. The Morgan fingerprint density at radius 1 is 1.24 bits per heavy atom. The molecule has 2 rings (SSSR count). The van der Waals surface area contributed by atoms with Crippen molar-refractivity contribution < 1.29 is 5.11 Å². The molecule has 90 valence electrons. The van der Waals surface area contributed by atoms with E-state index in [2.05, 4.69) is 44.2 Å². The molecule has 2 atom stereocenters. The number of aliphatic hydroxyl groups is 1. The van der Waals surface area contributed by atoms with Crippen molar-refractivity contribution in [1.82, 2.24) is 0 Å². The Labute approximate surface area is 103 Å². The van der Waals surface area contributed by atoms with Crippen molar-refractivity contribution in [3.05, 3.63) is 59.7 Å². The van der Waals surface area contributed by atoms with Crippen LogP contribution in [0.1, 0.15) is 31.7 Å². The molecule has 0 fully saturated rings. The average Bonchev–Trinajstić information content (AvgIpc) is 2.75. The van der Waals surface area contributed by atoms with E-state index in [-0.39, 0.29) is 17.9 Å². The van der Waals surface area contributed by atoms with Gasteiger partial charge in [0.2, 0.25) is 0 Å². The molecule has 1 aromatic rings. The highest BCUT2D eigenvalue weighted by Crippen LogP contribution is 2.44. The first-order chi connectivity index (χ1) is 8.21. The summed E-state index contributed by atoms with van der Waals surface area (Å²) in [5.41, 5.74) is 2.63. The lowest BCUT2D eigenvalue weighted by Crippen LogP contribution is -2.20. The minimum Gasteiger partial charge on any atom is -0.395 e. The van der Waals surface area contributed by atoms with Crippen LogP contribution >= 0.6 is 0 Å². The van der Waals surface area contributed by atoms with E-state index in [1.807, 2.05) is 18.2 Å². The van der Waals surface area contributed by atoms with Gasteiger partial charge < -0.3 is 5.11 Å². The summed E-state index contributed by atoms with van der Waals surface area (Å²) in [5, 5.41) is 9.70. The van der Waals surface area contributed by atoms with E-state index < -0.39 is 0 Å². The van der Waals surface area contributed by atoms with Gasteiger partial charge in [-0.2, -0.15) is 0 Å². The van der Waals surface area contributed by atoms with Gasteiger partial charge in [-0.15, -0.1) is 0 Å². The third kappa shape index (κ3) is 2.20. The van der Waals surface area contributed by atoms with Gasteiger partial charge in [0.15, 0.2) is 0 Å². The first-order valence-electron chi connectivity index (χ1n) is 6.27. The molecule has 0 heterocycles. The minimum atomic E-state index is 0.100. The van der Waals surface area contributed by atoms with Crippen molar-refractivity contribution in [1.29, 1.82) is 0 Å². The Morgan fingerprint density at radius 3 is 2.53 bits per heavy atom. The second-order valence-electron chi connectivity index (χ2n) is 4.90. The van der Waals surface area contributed by atoms with E-state index in [1.54, 1.807) is 0 Å². The number of aliphatic hydroxyl groups excluding tert-OH is 1. The zero-order valence-corrected chi connectivity index (χ0v) is 10.6. The summed E-state index contributed by atoms with van der Waals surface area (Å²) in [5.74, 6) is 0.121. The molecule has 0 saturated heterocycles. The van der Waals surface area contributed by atoms with Crippen molar-refractivity contribution in [2.45, 2.75) is 26.2 Å². The van der Waals surface area contributed by atoms with Crippen molar-refractivity contribution in [2.75, 3.05) is 6.61 Å². The van der Waals surface area contributed by atoms with Crippen LogP contribution in [-0.2, 0) is 0 Å². The lowest BCUT2D eigenvalue weighted by atomic mass is 9.74. The fraction of sp³-hybridized carbons (Fsp3) is 0.375. The van der Waals surface area contributed by atoms with Crippen LogP contribution in [0.4, 0.5) is 0 Å². The van der Waals surface area contributed by atoms with Gasteiger partial charge in [0.25, 0.3) is 0 Å². The van der Waals surface area contributed by atoms with Crippen molar-refractivity contribution in [3.8, 4) is 0 Å². The normalized spacial score (nSPS) is 24.8. The Morgan fingerprint density at radius 2 is 1.94 bits per heavy atom. The highest BCUT2D eigenvalue weighted by atomic mass is 16.3. The largest absolute Gasteiger partial charge is 0.395 e. The zero-order valence-electron chi connectivity index (χ0n) is 10.6. The summed E-state index contributed by atoms with van der Waals surface area (Å²) in [6.07, 6.45) is 7.59. The predicted octanol–water partition coefficient (Wildman–Crippen LogP) is 3.68. The van der Waals surface area contributed by atoms with Crippen LogP contribution in [0.15, 0.2) is 54.1 Å². The van der Waals surface area contributed by atoms with Gasteiger partial charge in [0, 0.05) is 11.3 Å². The molecule has 0 amide bonds. The highest BCUT2D eigenvalue weighted by molar-refractivity contribution is 5.41. The summed E-state index contributed by atoms with van der Waals surface area (Å²) in [6, 6.07) is 10.3. The smallest absolute Gasteiger partial charge is 0.0537 e. The van der Waals surface area contributed by atoms with Gasteiger partial charge in [0.05, 0.1) is 6.61 Å². The average molecular weight is 228 g/mol. The third-order valence-corrected chi connectivity index (χ3v) is 3.89. The maximum absolute atomic E-state index is 9.70. The summed E-state index contributed by atoms with van der Waals surface area (Å²) in [6.45, 7) is 4.62. The van der Waals surface area contributed by atoms with Crippen LogP contribution in [0.25, 0.3) is 0 Å². The van der Waals surface area contributed by atoms with Crippen LogP contribution in [-0.4, -0.2) is 11.7 Å². The van der Waals surface area contributed by atoms with Crippen LogP contribution in [0.3, 0.4) is 0 Å². The Kier molecular flexibility index (Phi) is 3.49. The van der Waals surface area contributed by atoms with Gasteiger partial charge in [-0.1, -0.05) is 68.0 Å². The molecule has 0 aliphatic heterocycles. The molecule has 17 heavy (non-hydrogen) atoms. The molecule has 0 saturated carbocycles. The first-order valence-corrected chi connectivity index (χ1v) is 6.27. The molecule has 0 aromatic heterocycles. The Hall–Kier alpha value is -1.34. The van der Waals surface area contributed by atoms with Crippen molar-refractivity contribution in [3.63, 3.8) is 0 Å². The standard InChI is InChI=1S/C16H20O/c1-3-16(2)11-7-10-15(16)14(12-17)13-8-5-4-6-9-13/h4-11,14,17H,3,12H2,1-2H3. The van der Waals surface area contributed by atoms with Crippen LogP contribution in [0, 0.1) is 5.41 Å². The molecule has 1 nitrogen and oxygen atoms in total. The fourth-order valence-corrected chi connectivity index (χ4v) is 2.56. The summed E-state index contributed by atoms with van der Waals surface area (Å²) in [7, 11) is 0. The van der Waals surface area contributed by atoms with E-state index in [4.69, 9.17) is 0 Å². The fourth-order valence-electron chi connectivity index (χ4n) is 2.56. The molecule has 1 aliphatic rings. The molecule has 1 aromatic carbocycles. The van der Waals surface area contributed by atoms with Gasteiger partial charge in [-0.05, 0) is 12.0 Å². The molecule has 0 radical (unpaired) electrons. The lowest BCUT2D eigenvalue weighted by Gasteiger charge is -2.30. The van der Waals surface area contributed by atoms with E-state index in [9.17, 15) is 5.11 Å². The van der Waals surface area contributed by atoms with Gasteiger partial charge >= 0.3 is 0 Å². The second kappa shape index (κ2) is 4.89. The molecule has 0 spiro atoms. The topological polar surface area (TPSA) is 20.2 Å². The van der Waals surface area contributed by atoms with Gasteiger partial charge in [-0.25, -0.2) is 0 Å². The van der Waals surface area contributed by atoms with Crippen molar-refractivity contribution in [2.24, 2.45) is 5.41 Å². The van der Waals surface area contributed by atoms with E-state index in [0.29, 0.717) is 0 Å². The minimum absolute atomic E-state index is 0.100. The lowest BCUT2D eigenvalue weighted by molar-refractivity contribution is 0.266. The van der Waals surface area contributed by atoms with Crippen LogP contribution < -0.4 is 0 Å². The monoisotopic (exact) mass is 228 g/mol. The number of hydrogen-bond acceptors (Lipinski definition) is 1. The Balaban J connectivity index is 2.33. The molecule has 1 N–H and O–H groups in total.